The van der Waals surface area contributed by atoms with Crippen molar-refractivity contribution in [2.24, 2.45) is 4.99 Å². The van der Waals surface area contributed by atoms with E-state index in [4.69, 9.17) is 4.42 Å². The SMILES string of the molecule is Fc1ccccc1-c1ccc(/C=C2/CCCN=C2c2cccnc2)o1. The van der Waals surface area contributed by atoms with Crippen molar-refractivity contribution >= 4 is 11.8 Å². The summed E-state index contributed by atoms with van der Waals surface area (Å²) in [6.45, 7) is 0.820. The number of rotatable bonds is 3. The van der Waals surface area contributed by atoms with Crippen molar-refractivity contribution < 1.29 is 8.81 Å². The van der Waals surface area contributed by atoms with Gasteiger partial charge in [0.1, 0.15) is 17.3 Å². The molecule has 0 aliphatic carbocycles. The lowest BCUT2D eigenvalue weighted by Gasteiger charge is -2.15. The number of pyridine rings is 1. The first-order chi connectivity index (χ1) is 12.3. The Labute approximate surface area is 145 Å². The van der Waals surface area contributed by atoms with Gasteiger partial charge < -0.3 is 4.42 Å². The van der Waals surface area contributed by atoms with Crippen LogP contribution in [0.1, 0.15) is 24.2 Å². The minimum absolute atomic E-state index is 0.286. The normalized spacial score (nSPS) is 16.0. The molecule has 0 N–H and O–H groups in total. The van der Waals surface area contributed by atoms with Gasteiger partial charge in [-0.3, -0.25) is 9.98 Å². The number of aliphatic imine (C=N–C) groups is 1. The highest BCUT2D eigenvalue weighted by Gasteiger charge is 2.15. The molecule has 3 aromatic rings. The van der Waals surface area contributed by atoms with Gasteiger partial charge in [-0.05, 0) is 60.9 Å². The first-order valence-corrected chi connectivity index (χ1v) is 8.32. The van der Waals surface area contributed by atoms with Gasteiger partial charge in [0.15, 0.2) is 0 Å². The maximum Gasteiger partial charge on any atom is 0.137 e. The smallest absolute Gasteiger partial charge is 0.137 e. The summed E-state index contributed by atoms with van der Waals surface area (Å²) in [6, 6.07) is 14.2. The molecule has 0 fully saturated rings. The Morgan fingerprint density at radius 1 is 1.04 bits per heavy atom. The number of halogens is 1. The summed E-state index contributed by atoms with van der Waals surface area (Å²) in [5, 5.41) is 0. The van der Waals surface area contributed by atoms with E-state index in [1.165, 1.54) is 6.07 Å². The lowest BCUT2D eigenvalue weighted by Crippen LogP contribution is -2.11. The Bertz CT molecular complexity index is 941. The van der Waals surface area contributed by atoms with Crippen molar-refractivity contribution in [1.29, 1.82) is 0 Å². The Morgan fingerprint density at radius 3 is 2.80 bits per heavy atom. The minimum Gasteiger partial charge on any atom is -0.457 e. The van der Waals surface area contributed by atoms with Crippen molar-refractivity contribution in [2.45, 2.75) is 12.8 Å². The number of furan rings is 1. The van der Waals surface area contributed by atoms with Gasteiger partial charge in [0, 0.05) is 24.5 Å². The van der Waals surface area contributed by atoms with Gasteiger partial charge >= 0.3 is 0 Å². The van der Waals surface area contributed by atoms with Gasteiger partial charge in [-0.25, -0.2) is 4.39 Å². The van der Waals surface area contributed by atoms with Crippen LogP contribution in [0.5, 0.6) is 0 Å². The largest absolute Gasteiger partial charge is 0.457 e. The van der Waals surface area contributed by atoms with Gasteiger partial charge in [-0.1, -0.05) is 12.1 Å². The average molecular weight is 332 g/mol. The molecule has 4 rings (SSSR count). The highest BCUT2D eigenvalue weighted by atomic mass is 19.1. The third-order valence-corrected chi connectivity index (χ3v) is 4.20. The second-order valence-electron chi connectivity index (χ2n) is 5.93. The van der Waals surface area contributed by atoms with Crippen LogP contribution < -0.4 is 0 Å². The number of nitrogens with zero attached hydrogens (tertiary/aromatic N) is 2. The fourth-order valence-corrected chi connectivity index (χ4v) is 3.01. The van der Waals surface area contributed by atoms with Gasteiger partial charge in [0.2, 0.25) is 0 Å². The van der Waals surface area contributed by atoms with Crippen molar-refractivity contribution in [3.05, 3.63) is 83.6 Å². The van der Waals surface area contributed by atoms with Gasteiger partial charge in [-0.2, -0.15) is 0 Å². The summed E-state index contributed by atoms with van der Waals surface area (Å²) in [6.07, 6.45) is 7.52. The van der Waals surface area contributed by atoms with E-state index in [9.17, 15) is 4.39 Å². The minimum atomic E-state index is -0.286. The Morgan fingerprint density at radius 2 is 1.96 bits per heavy atom. The van der Waals surface area contributed by atoms with E-state index < -0.39 is 0 Å². The van der Waals surface area contributed by atoms with Gasteiger partial charge in [-0.15, -0.1) is 0 Å². The molecule has 4 heteroatoms. The van der Waals surface area contributed by atoms with Crippen molar-refractivity contribution in [3.8, 4) is 11.3 Å². The van der Waals surface area contributed by atoms with Gasteiger partial charge in [0.25, 0.3) is 0 Å². The van der Waals surface area contributed by atoms with Crippen molar-refractivity contribution in [2.75, 3.05) is 6.54 Å². The number of benzene rings is 1. The number of hydrogen-bond donors (Lipinski definition) is 0. The third kappa shape index (κ3) is 3.29. The second kappa shape index (κ2) is 6.85. The molecule has 3 heterocycles. The molecule has 0 bridgehead atoms. The molecule has 0 radical (unpaired) electrons. The second-order valence-corrected chi connectivity index (χ2v) is 5.93. The first kappa shape index (κ1) is 15.5. The Kier molecular flexibility index (Phi) is 4.25. The summed E-state index contributed by atoms with van der Waals surface area (Å²) in [7, 11) is 0. The zero-order valence-electron chi connectivity index (χ0n) is 13.7. The van der Waals surface area contributed by atoms with E-state index in [0.29, 0.717) is 17.1 Å². The number of aromatic nitrogens is 1. The molecular weight excluding hydrogens is 315 g/mol. The highest BCUT2D eigenvalue weighted by Crippen LogP contribution is 2.27. The Hall–Kier alpha value is -3.01. The fraction of sp³-hybridized carbons (Fsp3) is 0.143. The summed E-state index contributed by atoms with van der Waals surface area (Å²) in [5.41, 5.74) is 3.56. The van der Waals surface area contributed by atoms with Crippen LogP contribution in [0.4, 0.5) is 4.39 Å². The molecule has 0 unspecified atom stereocenters. The molecule has 0 spiro atoms. The van der Waals surface area contributed by atoms with E-state index in [-0.39, 0.29) is 5.82 Å². The third-order valence-electron chi connectivity index (χ3n) is 4.20. The number of allylic oxidation sites excluding steroid dienone is 1. The molecule has 1 aromatic carbocycles. The van der Waals surface area contributed by atoms with Crippen LogP contribution >= 0.6 is 0 Å². The zero-order chi connectivity index (χ0) is 17.1. The lowest BCUT2D eigenvalue weighted by molar-refractivity contribution is 0.560. The molecular formula is C21H17FN2O. The monoisotopic (exact) mass is 332 g/mol. The van der Waals surface area contributed by atoms with Crippen LogP contribution in [-0.2, 0) is 0 Å². The molecule has 3 nitrogen and oxygen atoms in total. The average Bonchev–Trinajstić information content (AvgIpc) is 3.11. The van der Waals surface area contributed by atoms with E-state index in [2.05, 4.69) is 9.98 Å². The highest BCUT2D eigenvalue weighted by molar-refractivity contribution is 6.15. The summed E-state index contributed by atoms with van der Waals surface area (Å²) in [4.78, 5) is 8.84. The van der Waals surface area contributed by atoms with Crippen molar-refractivity contribution in [3.63, 3.8) is 0 Å². The van der Waals surface area contributed by atoms with E-state index in [1.807, 2.05) is 30.5 Å². The molecule has 1 aliphatic heterocycles. The van der Waals surface area contributed by atoms with Crippen LogP contribution in [0.15, 0.2) is 75.9 Å². The first-order valence-electron chi connectivity index (χ1n) is 8.32. The van der Waals surface area contributed by atoms with Crippen molar-refractivity contribution in [1.82, 2.24) is 4.98 Å². The molecule has 0 saturated carbocycles. The predicted octanol–water partition coefficient (Wildman–Crippen LogP) is 5.15. The quantitative estimate of drug-likeness (QED) is 0.665. The van der Waals surface area contributed by atoms with Crippen LogP contribution in [0.2, 0.25) is 0 Å². The molecule has 2 aromatic heterocycles. The molecule has 0 amide bonds. The Balaban J connectivity index is 1.67. The fourth-order valence-electron chi connectivity index (χ4n) is 3.01. The molecule has 1 aliphatic rings. The van der Waals surface area contributed by atoms with E-state index in [1.54, 1.807) is 30.5 Å². The summed E-state index contributed by atoms with van der Waals surface area (Å²) < 4.78 is 19.8. The standard InChI is InChI=1S/C21H17FN2O/c22-19-8-2-1-7-18(19)20-10-9-17(25-20)13-15-5-4-12-24-21(15)16-6-3-11-23-14-16/h1-3,6-11,13-14H,4-5,12H2/b15-13-. The maximum atomic E-state index is 13.9. The van der Waals surface area contributed by atoms with Crippen LogP contribution in [0.3, 0.4) is 0 Å². The predicted molar refractivity (Wildman–Crippen MR) is 97.0 cm³/mol. The summed E-state index contributed by atoms with van der Waals surface area (Å²) >= 11 is 0. The topological polar surface area (TPSA) is 38.4 Å². The van der Waals surface area contributed by atoms with Gasteiger partial charge in [0.05, 0.1) is 11.3 Å². The lowest BCUT2D eigenvalue weighted by atomic mass is 9.96. The van der Waals surface area contributed by atoms with Crippen LogP contribution in [0.25, 0.3) is 17.4 Å². The summed E-state index contributed by atoms with van der Waals surface area (Å²) in [5.74, 6) is 0.943. The van der Waals surface area contributed by atoms with Crippen LogP contribution in [-0.4, -0.2) is 17.2 Å². The molecule has 124 valence electrons. The molecule has 0 saturated heterocycles. The zero-order valence-corrected chi connectivity index (χ0v) is 13.7. The molecule has 0 atom stereocenters. The van der Waals surface area contributed by atoms with E-state index >= 15 is 0 Å². The number of hydrogen-bond acceptors (Lipinski definition) is 3. The maximum absolute atomic E-state index is 13.9. The molecule has 25 heavy (non-hydrogen) atoms. The van der Waals surface area contributed by atoms with E-state index in [0.717, 1.165) is 36.2 Å². The van der Waals surface area contributed by atoms with Crippen LogP contribution in [0, 0.1) is 5.82 Å².